The first-order valence-corrected chi connectivity index (χ1v) is 9.22. The van der Waals surface area contributed by atoms with Crippen LogP contribution in [0.5, 0.6) is 0 Å². The molecule has 3 aliphatic heterocycles. The summed E-state index contributed by atoms with van der Waals surface area (Å²) in [6.45, 7) is 2.96. The van der Waals surface area contributed by atoms with E-state index in [9.17, 15) is 13.2 Å². The van der Waals surface area contributed by atoms with Gasteiger partial charge in [-0.2, -0.15) is 4.31 Å². The summed E-state index contributed by atoms with van der Waals surface area (Å²) >= 11 is 0. The average molecular weight is 337 g/mol. The predicted molar refractivity (Wildman–Crippen MR) is 81.8 cm³/mol. The molecular formula is C15H19N3O4S. The van der Waals surface area contributed by atoms with Crippen molar-refractivity contribution in [1.82, 2.24) is 14.2 Å². The Bertz CT molecular complexity index is 738. The Kier molecular flexibility index (Phi) is 3.26. The lowest BCUT2D eigenvalue weighted by molar-refractivity contribution is -0.148. The monoisotopic (exact) mass is 337 g/mol. The molecule has 1 aromatic rings. The molecule has 0 saturated carbocycles. The number of hydrogen-bond donors (Lipinski definition) is 0. The summed E-state index contributed by atoms with van der Waals surface area (Å²) in [6.07, 6.45) is 3.63. The standard InChI is InChI=1S/C15H19N3O4S/c1-11(19)17-8-13-5-14-15(9-17,22-13)10-18(23(14,20)21)7-12-3-2-4-16-6-12/h2-4,6,13-14H,5,7-10H2,1H3/t13-,14+,15+/m1/s1. The maximum atomic E-state index is 12.9. The summed E-state index contributed by atoms with van der Waals surface area (Å²) in [5.74, 6) is -0.0265. The van der Waals surface area contributed by atoms with E-state index in [4.69, 9.17) is 4.74 Å². The summed E-state index contributed by atoms with van der Waals surface area (Å²) in [5.41, 5.74) is 0.0681. The normalized spacial score (nSPS) is 35.3. The molecule has 0 aliphatic carbocycles. The Labute approximate surface area is 135 Å². The van der Waals surface area contributed by atoms with Gasteiger partial charge in [-0.25, -0.2) is 8.42 Å². The maximum Gasteiger partial charge on any atom is 0.220 e. The number of sulfonamides is 1. The molecule has 8 heteroatoms. The first kappa shape index (κ1) is 15.0. The van der Waals surface area contributed by atoms with Gasteiger partial charge in [0.05, 0.1) is 12.6 Å². The van der Waals surface area contributed by atoms with E-state index in [1.54, 1.807) is 23.4 Å². The number of fused-ring (bicyclic) bond motifs is 1. The number of likely N-dealkylation sites (tertiary alicyclic amines) is 1. The third-order valence-electron chi connectivity index (χ3n) is 5.04. The Morgan fingerprint density at radius 1 is 1.48 bits per heavy atom. The molecule has 23 heavy (non-hydrogen) atoms. The molecule has 3 aliphatic rings. The Morgan fingerprint density at radius 2 is 2.30 bits per heavy atom. The minimum Gasteiger partial charge on any atom is -0.365 e. The lowest BCUT2D eigenvalue weighted by Gasteiger charge is -2.39. The fraction of sp³-hybridized carbons (Fsp3) is 0.600. The number of amides is 1. The minimum atomic E-state index is -3.43. The molecule has 1 aromatic heterocycles. The third kappa shape index (κ3) is 2.28. The zero-order valence-corrected chi connectivity index (χ0v) is 13.7. The number of hydrogen-bond acceptors (Lipinski definition) is 5. The number of carbonyl (C=O) groups is 1. The van der Waals surface area contributed by atoms with Gasteiger partial charge in [0.25, 0.3) is 0 Å². The Balaban J connectivity index is 1.63. The van der Waals surface area contributed by atoms with Crippen molar-refractivity contribution in [2.45, 2.75) is 36.8 Å². The van der Waals surface area contributed by atoms with Crippen LogP contribution in [0.2, 0.25) is 0 Å². The lowest BCUT2D eigenvalue weighted by Crippen LogP contribution is -2.56. The molecule has 1 amide bonds. The molecule has 4 rings (SSSR count). The molecule has 0 unspecified atom stereocenters. The van der Waals surface area contributed by atoms with Crippen LogP contribution >= 0.6 is 0 Å². The summed E-state index contributed by atoms with van der Waals surface area (Å²) in [7, 11) is -3.43. The first-order valence-electron chi connectivity index (χ1n) is 7.72. The van der Waals surface area contributed by atoms with Gasteiger partial charge in [-0.3, -0.25) is 9.78 Å². The van der Waals surface area contributed by atoms with Crippen LogP contribution in [0.4, 0.5) is 0 Å². The van der Waals surface area contributed by atoms with Crippen molar-refractivity contribution < 1.29 is 17.9 Å². The molecule has 2 bridgehead atoms. The highest BCUT2D eigenvalue weighted by molar-refractivity contribution is 7.90. The van der Waals surface area contributed by atoms with Gasteiger partial charge in [0.2, 0.25) is 15.9 Å². The van der Waals surface area contributed by atoms with Gasteiger partial charge < -0.3 is 9.64 Å². The van der Waals surface area contributed by atoms with Gasteiger partial charge in [-0.15, -0.1) is 0 Å². The zero-order valence-electron chi connectivity index (χ0n) is 12.9. The molecule has 1 spiro atoms. The highest BCUT2D eigenvalue weighted by Crippen LogP contribution is 2.46. The van der Waals surface area contributed by atoms with Gasteiger partial charge in [-0.05, 0) is 18.1 Å². The summed E-state index contributed by atoms with van der Waals surface area (Å²) < 4.78 is 33.4. The Morgan fingerprint density at radius 3 is 3.00 bits per heavy atom. The minimum absolute atomic E-state index is 0.0265. The highest BCUT2D eigenvalue weighted by atomic mass is 32.2. The smallest absolute Gasteiger partial charge is 0.220 e. The second-order valence-corrected chi connectivity index (χ2v) is 8.72. The maximum absolute atomic E-state index is 12.9. The van der Waals surface area contributed by atoms with Crippen molar-refractivity contribution in [2.24, 2.45) is 0 Å². The van der Waals surface area contributed by atoms with Crippen molar-refractivity contribution in [1.29, 1.82) is 0 Å². The summed E-state index contributed by atoms with van der Waals surface area (Å²) in [6, 6.07) is 3.66. The molecule has 124 valence electrons. The second kappa shape index (κ2) is 4.99. The lowest BCUT2D eigenvalue weighted by atomic mass is 9.99. The van der Waals surface area contributed by atoms with E-state index >= 15 is 0 Å². The number of nitrogens with zero attached hydrogens (tertiary/aromatic N) is 3. The SMILES string of the molecule is CC(=O)N1C[C@H]2C[C@H]3[C@](C1)(CN(Cc1cccnc1)S3(=O)=O)O2. The van der Waals surface area contributed by atoms with Crippen LogP contribution in [0, 0.1) is 0 Å². The zero-order chi connectivity index (χ0) is 16.2. The van der Waals surface area contributed by atoms with E-state index in [-0.39, 0.29) is 12.0 Å². The van der Waals surface area contributed by atoms with Crippen LogP contribution in [0.1, 0.15) is 18.9 Å². The van der Waals surface area contributed by atoms with Crippen LogP contribution in [0.15, 0.2) is 24.5 Å². The van der Waals surface area contributed by atoms with Gasteiger partial charge >= 0.3 is 0 Å². The molecule has 0 N–H and O–H groups in total. The van der Waals surface area contributed by atoms with Crippen molar-refractivity contribution in [3.63, 3.8) is 0 Å². The van der Waals surface area contributed by atoms with E-state index in [2.05, 4.69) is 4.98 Å². The number of aromatic nitrogens is 1. The largest absolute Gasteiger partial charge is 0.365 e. The molecule has 0 radical (unpaired) electrons. The third-order valence-corrected chi connectivity index (χ3v) is 7.36. The fourth-order valence-electron chi connectivity index (χ4n) is 4.03. The number of ether oxygens (including phenoxy) is 1. The van der Waals surface area contributed by atoms with E-state index < -0.39 is 20.9 Å². The molecule has 7 nitrogen and oxygen atoms in total. The van der Waals surface area contributed by atoms with E-state index in [0.29, 0.717) is 32.6 Å². The first-order chi connectivity index (χ1) is 10.9. The molecule has 3 atom stereocenters. The van der Waals surface area contributed by atoms with Crippen LogP contribution in [0.25, 0.3) is 0 Å². The molecular weight excluding hydrogens is 318 g/mol. The van der Waals surface area contributed by atoms with Crippen molar-refractivity contribution >= 4 is 15.9 Å². The van der Waals surface area contributed by atoms with Crippen LogP contribution in [0.3, 0.4) is 0 Å². The number of rotatable bonds is 2. The van der Waals surface area contributed by atoms with Crippen molar-refractivity contribution in [3.8, 4) is 0 Å². The Hall–Kier alpha value is -1.51. The van der Waals surface area contributed by atoms with E-state index in [0.717, 1.165) is 5.56 Å². The quantitative estimate of drug-likeness (QED) is 0.758. The second-order valence-electron chi connectivity index (χ2n) is 6.60. The van der Waals surface area contributed by atoms with E-state index in [1.807, 2.05) is 6.07 Å². The van der Waals surface area contributed by atoms with Crippen LogP contribution in [-0.4, -0.2) is 65.1 Å². The molecule has 3 fully saturated rings. The highest BCUT2D eigenvalue weighted by Gasteiger charge is 2.65. The van der Waals surface area contributed by atoms with Gasteiger partial charge in [0, 0.05) is 39.0 Å². The van der Waals surface area contributed by atoms with Crippen molar-refractivity contribution in [2.75, 3.05) is 19.6 Å². The van der Waals surface area contributed by atoms with Gasteiger partial charge in [0.15, 0.2) is 0 Å². The molecule has 4 heterocycles. The number of carbonyl (C=O) groups excluding carboxylic acids is 1. The summed E-state index contributed by atoms with van der Waals surface area (Å²) in [5, 5.41) is -0.555. The van der Waals surface area contributed by atoms with Gasteiger partial charge in [-0.1, -0.05) is 6.07 Å². The summed E-state index contributed by atoms with van der Waals surface area (Å²) in [4.78, 5) is 17.5. The number of morpholine rings is 1. The van der Waals surface area contributed by atoms with Crippen molar-refractivity contribution in [3.05, 3.63) is 30.1 Å². The van der Waals surface area contributed by atoms with Crippen LogP contribution in [-0.2, 0) is 26.1 Å². The topological polar surface area (TPSA) is 79.8 Å². The van der Waals surface area contributed by atoms with Gasteiger partial charge in [0.1, 0.15) is 10.9 Å². The molecule has 3 saturated heterocycles. The fourth-order valence-corrected chi connectivity index (χ4v) is 6.32. The number of pyridine rings is 1. The van der Waals surface area contributed by atoms with E-state index in [1.165, 1.54) is 11.2 Å². The predicted octanol–water partition coefficient (Wildman–Crippen LogP) is -0.0146. The van der Waals surface area contributed by atoms with Crippen LogP contribution < -0.4 is 0 Å². The molecule has 0 aromatic carbocycles. The average Bonchev–Trinajstić information content (AvgIpc) is 2.87.